The van der Waals surface area contributed by atoms with E-state index in [0.29, 0.717) is 18.2 Å². The molecule has 0 spiro atoms. The van der Waals surface area contributed by atoms with E-state index in [2.05, 4.69) is 11.8 Å². The SMILES string of the molecule is CCC1CCCCN1C(CN)c1cc(OC)c(O)c([N+](=O)[O-])c1. The van der Waals surface area contributed by atoms with Gasteiger partial charge in [-0.25, -0.2) is 0 Å². The van der Waals surface area contributed by atoms with Gasteiger partial charge >= 0.3 is 5.69 Å². The van der Waals surface area contributed by atoms with Crippen molar-refractivity contribution in [3.63, 3.8) is 0 Å². The molecular weight excluding hydrogens is 298 g/mol. The van der Waals surface area contributed by atoms with E-state index >= 15 is 0 Å². The minimum atomic E-state index is -0.595. The molecule has 1 aromatic rings. The number of phenolic OH excluding ortho intramolecular Hbond substituents is 1. The molecule has 1 fully saturated rings. The van der Waals surface area contributed by atoms with E-state index in [1.165, 1.54) is 19.6 Å². The molecule has 0 aromatic heterocycles. The Kier molecular flexibility index (Phi) is 5.79. The highest BCUT2D eigenvalue weighted by Crippen LogP contribution is 2.40. The van der Waals surface area contributed by atoms with Crippen LogP contribution in [0.3, 0.4) is 0 Å². The number of likely N-dealkylation sites (tertiary alicyclic amines) is 1. The molecule has 23 heavy (non-hydrogen) atoms. The normalized spacial score (nSPS) is 20.2. The van der Waals surface area contributed by atoms with Crippen LogP contribution < -0.4 is 10.5 Å². The van der Waals surface area contributed by atoms with E-state index in [0.717, 1.165) is 25.8 Å². The van der Waals surface area contributed by atoms with Crippen LogP contribution in [-0.2, 0) is 0 Å². The Hall–Kier alpha value is -1.86. The Morgan fingerprint density at radius 1 is 1.52 bits per heavy atom. The summed E-state index contributed by atoms with van der Waals surface area (Å²) in [5, 5.41) is 21.1. The van der Waals surface area contributed by atoms with Crippen molar-refractivity contribution in [3.8, 4) is 11.5 Å². The van der Waals surface area contributed by atoms with Crippen molar-refractivity contribution >= 4 is 5.69 Å². The van der Waals surface area contributed by atoms with E-state index < -0.39 is 10.7 Å². The molecule has 1 aromatic carbocycles. The number of piperidine rings is 1. The van der Waals surface area contributed by atoms with Gasteiger partial charge in [0.2, 0.25) is 5.75 Å². The smallest absolute Gasteiger partial charge is 0.314 e. The van der Waals surface area contributed by atoms with Gasteiger partial charge in [-0.15, -0.1) is 0 Å². The molecule has 0 bridgehead atoms. The lowest BCUT2D eigenvalue weighted by molar-refractivity contribution is -0.386. The first-order valence-corrected chi connectivity index (χ1v) is 8.04. The van der Waals surface area contributed by atoms with Gasteiger partial charge < -0.3 is 15.6 Å². The van der Waals surface area contributed by atoms with Crippen LogP contribution in [0.25, 0.3) is 0 Å². The van der Waals surface area contributed by atoms with Crippen molar-refractivity contribution in [2.45, 2.75) is 44.7 Å². The average Bonchev–Trinajstić information content (AvgIpc) is 2.56. The predicted octanol–water partition coefficient (Wildman–Crippen LogP) is 2.57. The van der Waals surface area contributed by atoms with E-state index in [1.54, 1.807) is 6.07 Å². The Morgan fingerprint density at radius 2 is 2.26 bits per heavy atom. The number of nitrogens with two attached hydrogens (primary N) is 1. The molecule has 2 unspecified atom stereocenters. The third-order valence-corrected chi connectivity index (χ3v) is 4.65. The zero-order valence-corrected chi connectivity index (χ0v) is 13.7. The largest absolute Gasteiger partial charge is 0.500 e. The highest BCUT2D eigenvalue weighted by atomic mass is 16.6. The summed E-state index contributed by atoms with van der Waals surface area (Å²) in [4.78, 5) is 12.9. The summed E-state index contributed by atoms with van der Waals surface area (Å²) < 4.78 is 5.10. The van der Waals surface area contributed by atoms with Gasteiger partial charge in [0.1, 0.15) is 0 Å². The van der Waals surface area contributed by atoms with Crippen LogP contribution in [0.5, 0.6) is 11.5 Å². The minimum absolute atomic E-state index is 0.109. The Labute approximate surface area is 136 Å². The van der Waals surface area contributed by atoms with Crippen molar-refractivity contribution in [3.05, 3.63) is 27.8 Å². The first-order chi connectivity index (χ1) is 11.0. The van der Waals surface area contributed by atoms with Crippen LogP contribution in [0, 0.1) is 10.1 Å². The summed E-state index contributed by atoms with van der Waals surface area (Å²) in [5.41, 5.74) is 6.37. The summed E-state index contributed by atoms with van der Waals surface area (Å²) in [6, 6.07) is 3.38. The van der Waals surface area contributed by atoms with Crippen LogP contribution >= 0.6 is 0 Å². The molecule has 7 heteroatoms. The molecule has 128 valence electrons. The molecule has 0 amide bonds. The molecule has 1 saturated heterocycles. The topological polar surface area (TPSA) is 102 Å². The highest BCUT2D eigenvalue weighted by Gasteiger charge is 2.30. The fourth-order valence-corrected chi connectivity index (χ4v) is 3.44. The molecular formula is C16H25N3O4. The van der Waals surface area contributed by atoms with Gasteiger partial charge in [0, 0.05) is 24.7 Å². The van der Waals surface area contributed by atoms with E-state index in [9.17, 15) is 15.2 Å². The Morgan fingerprint density at radius 3 is 2.83 bits per heavy atom. The lowest BCUT2D eigenvalue weighted by Gasteiger charge is -2.40. The number of ether oxygens (including phenoxy) is 1. The van der Waals surface area contributed by atoms with Crippen LogP contribution in [0.1, 0.15) is 44.2 Å². The number of phenols is 1. The van der Waals surface area contributed by atoms with Gasteiger partial charge in [-0.05, 0) is 37.4 Å². The van der Waals surface area contributed by atoms with Crippen LogP contribution in [0.4, 0.5) is 5.69 Å². The quantitative estimate of drug-likeness (QED) is 0.616. The summed E-state index contributed by atoms with van der Waals surface area (Å²) in [7, 11) is 1.38. The van der Waals surface area contributed by atoms with Gasteiger partial charge in [-0.1, -0.05) is 13.3 Å². The minimum Gasteiger partial charge on any atom is -0.500 e. The monoisotopic (exact) mass is 323 g/mol. The van der Waals surface area contributed by atoms with Crippen molar-refractivity contribution in [2.75, 3.05) is 20.2 Å². The standard InChI is InChI=1S/C16H25N3O4/c1-3-12-6-4-5-7-18(12)14(10-17)11-8-13(19(21)22)16(20)15(9-11)23-2/h8-9,12,14,20H,3-7,10,17H2,1-2H3. The molecule has 1 heterocycles. The fourth-order valence-electron chi connectivity index (χ4n) is 3.44. The van der Waals surface area contributed by atoms with Crippen LogP contribution in [0.2, 0.25) is 0 Å². The predicted molar refractivity (Wildman–Crippen MR) is 87.7 cm³/mol. The number of nitrogens with zero attached hydrogens (tertiary/aromatic N) is 2. The van der Waals surface area contributed by atoms with Gasteiger partial charge in [-0.3, -0.25) is 15.0 Å². The first-order valence-electron chi connectivity index (χ1n) is 8.04. The average molecular weight is 323 g/mol. The van der Waals surface area contributed by atoms with Crippen molar-refractivity contribution < 1.29 is 14.8 Å². The van der Waals surface area contributed by atoms with Crippen molar-refractivity contribution in [2.24, 2.45) is 5.73 Å². The molecule has 1 aliphatic rings. The molecule has 0 radical (unpaired) electrons. The summed E-state index contributed by atoms with van der Waals surface area (Å²) in [5.74, 6) is -0.333. The molecule has 0 aliphatic carbocycles. The van der Waals surface area contributed by atoms with Crippen LogP contribution in [0.15, 0.2) is 12.1 Å². The second-order valence-electron chi connectivity index (χ2n) is 5.90. The number of hydrogen-bond donors (Lipinski definition) is 2. The molecule has 2 atom stereocenters. The highest BCUT2D eigenvalue weighted by molar-refractivity contribution is 5.57. The number of rotatable bonds is 6. The molecule has 0 saturated carbocycles. The van der Waals surface area contributed by atoms with Gasteiger partial charge in [0.15, 0.2) is 5.75 Å². The third-order valence-electron chi connectivity index (χ3n) is 4.65. The number of methoxy groups -OCH3 is 1. The number of hydrogen-bond acceptors (Lipinski definition) is 6. The molecule has 1 aliphatic heterocycles. The third kappa shape index (κ3) is 3.56. The zero-order chi connectivity index (χ0) is 17.0. The maximum Gasteiger partial charge on any atom is 0.314 e. The zero-order valence-electron chi connectivity index (χ0n) is 13.7. The number of aromatic hydroxyl groups is 1. The lowest BCUT2D eigenvalue weighted by Crippen LogP contribution is -2.44. The maximum absolute atomic E-state index is 11.2. The summed E-state index contributed by atoms with van der Waals surface area (Å²) in [6.45, 7) is 3.44. The van der Waals surface area contributed by atoms with Gasteiger partial charge in [0.25, 0.3) is 0 Å². The second-order valence-corrected chi connectivity index (χ2v) is 5.90. The van der Waals surface area contributed by atoms with Crippen LogP contribution in [-0.4, -0.2) is 41.2 Å². The summed E-state index contributed by atoms with van der Waals surface area (Å²) in [6.07, 6.45) is 4.44. The Bertz CT molecular complexity index is 565. The lowest BCUT2D eigenvalue weighted by atomic mass is 9.94. The molecule has 2 rings (SSSR count). The van der Waals surface area contributed by atoms with Gasteiger partial charge in [0.05, 0.1) is 12.0 Å². The van der Waals surface area contributed by atoms with E-state index in [1.807, 2.05) is 0 Å². The van der Waals surface area contributed by atoms with Crippen molar-refractivity contribution in [1.82, 2.24) is 4.90 Å². The maximum atomic E-state index is 11.2. The fraction of sp³-hybridized carbons (Fsp3) is 0.625. The number of benzene rings is 1. The summed E-state index contributed by atoms with van der Waals surface area (Å²) >= 11 is 0. The number of nitro groups is 1. The first kappa shape index (κ1) is 17.5. The Balaban J connectivity index is 2.44. The van der Waals surface area contributed by atoms with Crippen molar-refractivity contribution in [1.29, 1.82) is 0 Å². The van der Waals surface area contributed by atoms with Gasteiger partial charge in [-0.2, -0.15) is 0 Å². The number of nitro benzene ring substituents is 1. The van der Waals surface area contributed by atoms with E-state index in [-0.39, 0.29) is 17.5 Å². The second kappa shape index (κ2) is 7.61. The molecule has 3 N–H and O–H groups in total. The van der Waals surface area contributed by atoms with E-state index in [4.69, 9.17) is 10.5 Å². The molecule has 7 nitrogen and oxygen atoms in total.